The van der Waals surface area contributed by atoms with Gasteiger partial charge in [0, 0.05) is 32.4 Å². The van der Waals surface area contributed by atoms with Gasteiger partial charge >= 0.3 is 0 Å². The van der Waals surface area contributed by atoms with Crippen LogP contribution < -0.4 is 4.74 Å². The average molecular weight is 398 g/mol. The van der Waals surface area contributed by atoms with Crippen molar-refractivity contribution in [3.05, 3.63) is 53.1 Å². The first-order chi connectivity index (χ1) is 13.9. The van der Waals surface area contributed by atoms with Crippen LogP contribution in [0.1, 0.15) is 34.5 Å². The Bertz CT molecular complexity index is 950. The fraction of sp³-hybridized carbons (Fsp3) is 0.381. The number of aryl methyl sites for hydroxylation is 1. The van der Waals surface area contributed by atoms with Gasteiger partial charge in [-0.1, -0.05) is 6.07 Å². The Morgan fingerprint density at radius 2 is 2.21 bits per heavy atom. The molecule has 1 aromatic heterocycles. The maximum atomic E-state index is 13.8. The van der Waals surface area contributed by atoms with Gasteiger partial charge in [0.1, 0.15) is 11.8 Å². The van der Waals surface area contributed by atoms with Gasteiger partial charge in [0.25, 0.3) is 11.8 Å². The van der Waals surface area contributed by atoms with Crippen molar-refractivity contribution in [2.45, 2.75) is 25.8 Å². The molecule has 8 heteroatoms. The molecule has 7 nitrogen and oxygen atoms in total. The van der Waals surface area contributed by atoms with Gasteiger partial charge in [0.05, 0.1) is 5.56 Å². The molecule has 3 rings (SSSR count). The summed E-state index contributed by atoms with van der Waals surface area (Å²) in [5.41, 5.74) is 1.60. The first-order valence-corrected chi connectivity index (χ1v) is 9.41. The summed E-state index contributed by atoms with van der Waals surface area (Å²) in [4.78, 5) is 31.2. The molecule has 2 heterocycles. The number of carbonyl (C=O) groups excluding carboxylic acids is 2. The number of benzene rings is 1. The highest BCUT2D eigenvalue weighted by Gasteiger charge is 2.31. The minimum atomic E-state index is -0.513. The summed E-state index contributed by atoms with van der Waals surface area (Å²) in [6.45, 7) is 2.49. The van der Waals surface area contributed by atoms with Crippen LogP contribution in [0, 0.1) is 24.1 Å². The third-order valence-electron chi connectivity index (χ3n) is 5.03. The van der Waals surface area contributed by atoms with Crippen LogP contribution in [0.4, 0.5) is 4.39 Å². The molecular formula is C21H23FN4O3. The molecule has 1 unspecified atom stereocenters. The molecule has 2 amide bonds. The predicted octanol–water partition coefficient (Wildman–Crippen LogP) is 2.48. The van der Waals surface area contributed by atoms with Crippen LogP contribution >= 0.6 is 0 Å². The molecule has 1 fully saturated rings. The standard InChI is InChI=1S/C21H23FN4O3/c1-14-5-6-17(22)19(8-14)29-13-20(27)25(2)12-16-4-3-7-26(16)21(28)18-9-15(10-23)11-24-18/h5-6,8-9,11,16,24H,3-4,7,12-13H2,1-2H3. The number of rotatable bonds is 6. The van der Waals surface area contributed by atoms with E-state index in [1.54, 1.807) is 24.1 Å². The van der Waals surface area contributed by atoms with Gasteiger partial charge in [-0.25, -0.2) is 4.39 Å². The summed E-state index contributed by atoms with van der Waals surface area (Å²) in [6, 6.07) is 7.87. The maximum Gasteiger partial charge on any atom is 0.270 e. The van der Waals surface area contributed by atoms with Crippen molar-refractivity contribution in [2.24, 2.45) is 0 Å². The highest BCUT2D eigenvalue weighted by Crippen LogP contribution is 2.21. The number of halogens is 1. The van der Waals surface area contributed by atoms with Crippen molar-refractivity contribution < 1.29 is 18.7 Å². The summed E-state index contributed by atoms with van der Waals surface area (Å²) in [6.07, 6.45) is 3.12. The molecule has 152 valence electrons. The zero-order valence-electron chi connectivity index (χ0n) is 16.4. The Hall–Kier alpha value is -3.34. The number of hydrogen-bond acceptors (Lipinski definition) is 4. The van der Waals surface area contributed by atoms with Gasteiger partial charge < -0.3 is 19.5 Å². The highest BCUT2D eigenvalue weighted by molar-refractivity contribution is 5.93. The molecule has 1 saturated heterocycles. The van der Waals surface area contributed by atoms with Crippen LogP contribution in [0.15, 0.2) is 30.5 Å². The van der Waals surface area contributed by atoms with Crippen LogP contribution in [0.5, 0.6) is 5.75 Å². The zero-order chi connectivity index (χ0) is 21.0. The van der Waals surface area contributed by atoms with Crippen LogP contribution in [-0.2, 0) is 4.79 Å². The molecule has 1 atom stereocenters. The molecule has 0 aliphatic carbocycles. The molecule has 1 aliphatic rings. The molecule has 0 bridgehead atoms. The third-order valence-corrected chi connectivity index (χ3v) is 5.03. The van der Waals surface area contributed by atoms with Crippen LogP contribution in [0.2, 0.25) is 0 Å². The van der Waals surface area contributed by atoms with Crippen molar-refractivity contribution in [3.8, 4) is 11.8 Å². The molecule has 1 N–H and O–H groups in total. The molecular weight excluding hydrogens is 375 g/mol. The first kappa shape index (κ1) is 20.4. The molecule has 29 heavy (non-hydrogen) atoms. The number of hydrogen-bond donors (Lipinski definition) is 1. The number of aromatic amines is 1. The number of likely N-dealkylation sites (tertiary alicyclic amines) is 1. The SMILES string of the molecule is Cc1ccc(F)c(OCC(=O)N(C)CC2CCCN2C(=O)c2cc(C#N)c[nH]2)c1. The number of nitrogens with zero attached hydrogens (tertiary/aromatic N) is 3. The zero-order valence-corrected chi connectivity index (χ0v) is 16.4. The van der Waals surface area contributed by atoms with Crippen molar-refractivity contribution >= 4 is 11.8 Å². The lowest BCUT2D eigenvalue weighted by molar-refractivity contribution is -0.132. The molecule has 1 aromatic carbocycles. The van der Waals surface area contributed by atoms with Gasteiger partial charge in [-0.3, -0.25) is 9.59 Å². The quantitative estimate of drug-likeness (QED) is 0.810. The van der Waals surface area contributed by atoms with E-state index in [9.17, 15) is 14.0 Å². The third kappa shape index (κ3) is 4.74. The van der Waals surface area contributed by atoms with Crippen LogP contribution in [-0.4, -0.2) is 59.4 Å². The lowest BCUT2D eigenvalue weighted by Gasteiger charge is -2.28. The number of likely N-dealkylation sites (N-methyl/N-ethyl adjacent to an activating group) is 1. The maximum absolute atomic E-state index is 13.8. The second-order valence-corrected chi connectivity index (χ2v) is 7.21. The smallest absolute Gasteiger partial charge is 0.270 e. The van der Waals surface area contributed by atoms with Crippen LogP contribution in [0.3, 0.4) is 0 Å². The molecule has 0 saturated carbocycles. The first-order valence-electron chi connectivity index (χ1n) is 9.41. The van der Waals surface area contributed by atoms with E-state index in [0.717, 1.165) is 18.4 Å². The summed E-state index contributed by atoms with van der Waals surface area (Å²) in [5, 5.41) is 8.92. The van der Waals surface area contributed by atoms with E-state index in [1.165, 1.54) is 23.2 Å². The Balaban J connectivity index is 1.57. The van der Waals surface area contributed by atoms with Crippen molar-refractivity contribution in [1.29, 1.82) is 5.26 Å². The number of H-pyrrole nitrogens is 1. The Morgan fingerprint density at radius 3 is 2.93 bits per heavy atom. The highest BCUT2D eigenvalue weighted by atomic mass is 19.1. The number of ether oxygens (including phenoxy) is 1. The number of nitrogens with one attached hydrogen (secondary N) is 1. The Labute approximate surface area is 168 Å². The predicted molar refractivity (Wildman–Crippen MR) is 104 cm³/mol. The van der Waals surface area contributed by atoms with E-state index in [4.69, 9.17) is 10.00 Å². The second kappa shape index (κ2) is 8.78. The van der Waals surface area contributed by atoms with E-state index in [1.807, 2.05) is 13.0 Å². The summed E-state index contributed by atoms with van der Waals surface area (Å²) < 4.78 is 19.1. The second-order valence-electron chi connectivity index (χ2n) is 7.21. The monoisotopic (exact) mass is 398 g/mol. The Morgan fingerprint density at radius 1 is 1.41 bits per heavy atom. The number of nitriles is 1. The average Bonchev–Trinajstić information content (AvgIpc) is 3.37. The molecule has 1 aliphatic heterocycles. The minimum Gasteiger partial charge on any atom is -0.481 e. The number of aromatic nitrogens is 1. The van der Waals surface area contributed by atoms with E-state index >= 15 is 0 Å². The van der Waals surface area contributed by atoms with Gasteiger partial charge in [-0.15, -0.1) is 0 Å². The van der Waals surface area contributed by atoms with E-state index in [0.29, 0.717) is 24.3 Å². The lowest BCUT2D eigenvalue weighted by atomic mass is 10.2. The van der Waals surface area contributed by atoms with Crippen molar-refractivity contribution in [2.75, 3.05) is 26.7 Å². The fourth-order valence-electron chi connectivity index (χ4n) is 3.42. The van der Waals surface area contributed by atoms with E-state index in [-0.39, 0.29) is 30.2 Å². The van der Waals surface area contributed by atoms with Crippen LogP contribution in [0.25, 0.3) is 0 Å². The van der Waals surface area contributed by atoms with Gasteiger partial charge in [0.2, 0.25) is 0 Å². The molecule has 0 radical (unpaired) electrons. The Kier molecular flexibility index (Phi) is 6.17. The van der Waals surface area contributed by atoms with Crippen molar-refractivity contribution in [3.63, 3.8) is 0 Å². The summed E-state index contributed by atoms with van der Waals surface area (Å²) in [5.74, 6) is -0.949. The number of amides is 2. The molecule has 0 spiro atoms. The van der Waals surface area contributed by atoms with Crippen molar-refractivity contribution in [1.82, 2.24) is 14.8 Å². The van der Waals surface area contributed by atoms with Gasteiger partial charge in [-0.2, -0.15) is 5.26 Å². The largest absolute Gasteiger partial charge is 0.481 e. The van der Waals surface area contributed by atoms with E-state index in [2.05, 4.69) is 4.98 Å². The number of carbonyl (C=O) groups is 2. The van der Waals surface area contributed by atoms with Gasteiger partial charge in [0.15, 0.2) is 18.2 Å². The van der Waals surface area contributed by atoms with E-state index < -0.39 is 5.82 Å². The van der Waals surface area contributed by atoms with Gasteiger partial charge in [-0.05, 0) is 43.5 Å². The summed E-state index contributed by atoms with van der Waals surface area (Å²) in [7, 11) is 1.64. The fourth-order valence-corrected chi connectivity index (χ4v) is 3.42. The minimum absolute atomic E-state index is 0.0458. The lowest BCUT2D eigenvalue weighted by Crippen LogP contribution is -2.45. The summed E-state index contributed by atoms with van der Waals surface area (Å²) >= 11 is 0. The molecule has 2 aromatic rings. The topological polar surface area (TPSA) is 89.4 Å². The normalized spacial score (nSPS) is 15.8.